The summed E-state index contributed by atoms with van der Waals surface area (Å²) in [6, 6.07) is -1.58. The standard InChI is InChI=1S/C12H21NO10.Na/c1-4(15)13-6-8(18)10(19)12(22-2,11(20)21)23-9(6)7(17)5(16)3-14;/h5-10,14,16-19H,3H2,1-2H3,(H,13,15)(H,20,21);/q;+1/p-1/t5-,6-,7-,8-,9-,10+,12-;/m1./s1. The summed E-state index contributed by atoms with van der Waals surface area (Å²) >= 11 is 0. The van der Waals surface area contributed by atoms with Gasteiger partial charge in [0.15, 0.2) is 0 Å². The average molecular weight is 361 g/mol. The molecule has 0 aliphatic carbocycles. The Kier molecular flexibility index (Phi) is 9.25. The molecule has 0 aromatic carbocycles. The number of methoxy groups -OCH3 is 1. The smallest absolute Gasteiger partial charge is 0.862 e. The Morgan fingerprint density at radius 2 is 1.96 bits per heavy atom. The van der Waals surface area contributed by atoms with Gasteiger partial charge in [-0.25, -0.2) is 4.79 Å². The zero-order valence-electron chi connectivity index (χ0n) is 13.4. The summed E-state index contributed by atoms with van der Waals surface area (Å²) in [7, 11) is 0.887. The number of nitrogens with zero attached hydrogens (tertiary/aromatic N) is 1. The summed E-state index contributed by atoms with van der Waals surface area (Å²) in [5.74, 6) is -5.34. The van der Waals surface area contributed by atoms with Gasteiger partial charge in [-0.2, -0.15) is 0 Å². The Labute approximate surface area is 159 Å². The SMILES string of the molecule is CO[C@@]1(C(=O)O)O[C@@H]([C@H](O)[C@H](O)CO)[C@H](N=C(C)[O-])[C@@H](O)[C@@H]1O.[Na+]. The van der Waals surface area contributed by atoms with E-state index in [-0.39, 0.29) is 29.6 Å². The zero-order chi connectivity index (χ0) is 17.9. The largest absolute Gasteiger partial charge is 1.00 e. The maximum Gasteiger partial charge on any atom is 1.00 e. The van der Waals surface area contributed by atoms with Crippen molar-refractivity contribution < 1.29 is 79.6 Å². The molecular weight excluding hydrogens is 341 g/mol. The van der Waals surface area contributed by atoms with E-state index in [0.717, 1.165) is 14.0 Å². The molecule has 12 heteroatoms. The Balaban J connectivity index is 0.00000529. The predicted octanol–water partition coefficient (Wildman–Crippen LogP) is -7.60. The van der Waals surface area contributed by atoms with E-state index in [1.807, 2.05) is 0 Å². The number of carboxylic acids is 1. The van der Waals surface area contributed by atoms with Crippen LogP contribution in [0.25, 0.3) is 0 Å². The summed E-state index contributed by atoms with van der Waals surface area (Å²) in [5.41, 5.74) is 0. The molecular formula is C12H20NNaO10. The van der Waals surface area contributed by atoms with Crippen molar-refractivity contribution in [3.8, 4) is 0 Å². The molecule has 1 fully saturated rings. The normalized spacial score (nSPS) is 36.5. The third kappa shape index (κ3) is 4.43. The first kappa shape index (κ1) is 23.7. The fraction of sp³-hybridized carbons (Fsp3) is 0.833. The molecule has 1 aliphatic rings. The molecule has 11 nitrogen and oxygen atoms in total. The molecule has 6 N–H and O–H groups in total. The zero-order valence-corrected chi connectivity index (χ0v) is 15.4. The molecule has 0 aromatic rings. The molecule has 1 aliphatic heterocycles. The Morgan fingerprint density at radius 1 is 1.42 bits per heavy atom. The van der Waals surface area contributed by atoms with Crippen LogP contribution >= 0.6 is 0 Å². The number of aliphatic hydroxyl groups is 5. The van der Waals surface area contributed by atoms with Crippen LogP contribution < -0.4 is 34.7 Å². The van der Waals surface area contributed by atoms with E-state index in [1.54, 1.807) is 0 Å². The molecule has 1 saturated heterocycles. The fourth-order valence-corrected chi connectivity index (χ4v) is 2.34. The third-order valence-corrected chi connectivity index (χ3v) is 3.56. The fourth-order valence-electron chi connectivity index (χ4n) is 2.34. The number of hydrogen-bond acceptors (Lipinski definition) is 10. The van der Waals surface area contributed by atoms with Crippen LogP contribution in [-0.2, 0) is 14.3 Å². The molecule has 0 saturated carbocycles. The minimum absolute atomic E-state index is 0. The Morgan fingerprint density at radius 3 is 2.33 bits per heavy atom. The average Bonchev–Trinajstić information content (AvgIpc) is 2.50. The first-order valence-electron chi connectivity index (χ1n) is 6.63. The molecule has 0 aromatic heterocycles. The van der Waals surface area contributed by atoms with Gasteiger partial charge in [0.05, 0.1) is 6.61 Å². The minimum atomic E-state index is -2.75. The van der Waals surface area contributed by atoms with Crippen molar-refractivity contribution >= 4 is 11.9 Å². The molecule has 1 rings (SSSR count). The topological polar surface area (TPSA) is 192 Å². The van der Waals surface area contributed by atoms with Crippen molar-refractivity contribution in [2.45, 2.75) is 49.3 Å². The van der Waals surface area contributed by atoms with E-state index >= 15 is 0 Å². The maximum atomic E-state index is 11.4. The van der Waals surface area contributed by atoms with Crippen LogP contribution in [0.5, 0.6) is 0 Å². The number of carboxylic acid groups (broad SMARTS) is 1. The van der Waals surface area contributed by atoms with Gasteiger partial charge in [0.2, 0.25) is 0 Å². The van der Waals surface area contributed by atoms with Gasteiger partial charge in [0.1, 0.15) is 36.6 Å². The Bertz CT molecular complexity index is 459. The quantitative estimate of drug-likeness (QED) is 0.150. The molecule has 7 atom stereocenters. The molecule has 1 heterocycles. The van der Waals surface area contributed by atoms with Crippen molar-refractivity contribution in [2.24, 2.45) is 4.99 Å². The van der Waals surface area contributed by atoms with Crippen LogP contribution in [-0.4, -0.2) is 98.6 Å². The van der Waals surface area contributed by atoms with Gasteiger partial charge < -0.3 is 45.2 Å². The monoisotopic (exact) mass is 361 g/mol. The Hall–Kier alpha value is -0.340. The van der Waals surface area contributed by atoms with Crippen LogP contribution in [0.3, 0.4) is 0 Å². The van der Waals surface area contributed by atoms with Gasteiger partial charge in [-0.1, -0.05) is 0 Å². The molecule has 0 spiro atoms. The second-order valence-corrected chi connectivity index (χ2v) is 5.07. The number of carbonyl (C=O) groups is 1. The maximum absolute atomic E-state index is 11.4. The first-order chi connectivity index (χ1) is 10.6. The molecule has 0 radical (unpaired) electrons. The van der Waals surface area contributed by atoms with Crippen molar-refractivity contribution in [1.82, 2.24) is 0 Å². The number of aliphatic imine (C=N–C) groups is 1. The number of hydrogen-bond donors (Lipinski definition) is 6. The van der Waals surface area contributed by atoms with Crippen LogP contribution in [0.1, 0.15) is 6.92 Å². The second kappa shape index (κ2) is 9.38. The van der Waals surface area contributed by atoms with E-state index in [9.17, 15) is 35.4 Å². The van der Waals surface area contributed by atoms with Crippen molar-refractivity contribution in [1.29, 1.82) is 0 Å². The summed E-state index contributed by atoms with van der Waals surface area (Å²) in [5, 5.41) is 68.9. The van der Waals surface area contributed by atoms with Crippen LogP contribution in [0.2, 0.25) is 0 Å². The number of ether oxygens (including phenoxy) is 2. The van der Waals surface area contributed by atoms with Crippen LogP contribution in [0.4, 0.5) is 0 Å². The van der Waals surface area contributed by atoms with Gasteiger partial charge in [-0.15, -0.1) is 0 Å². The van der Waals surface area contributed by atoms with Gasteiger partial charge in [-0.3, -0.25) is 4.99 Å². The number of rotatable bonds is 6. The summed E-state index contributed by atoms with van der Waals surface area (Å²) in [4.78, 5) is 14.9. The van der Waals surface area contributed by atoms with E-state index < -0.39 is 60.8 Å². The van der Waals surface area contributed by atoms with Gasteiger partial charge in [-0.05, 0) is 12.8 Å². The minimum Gasteiger partial charge on any atom is -0.862 e. The van der Waals surface area contributed by atoms with E-state index in [0.29, 0.717) is 0 Å². The molecule has 24 heavy (non-hydrogen) atoms. The van der Waals surface area contributed by atoms with E-state index in [4.69, 9.17) is 9.84 Å². The van der Waals surface area contributed by atoms with E-state index in [1.165, 1.54) is 0 Å². The number of aliphatic hydroxyl groups excluding tert-OH is 5. The number of aliphatic carboxylic acids is 1. The molecule has 0 unspecified atom stereocenters. The van der Waals surface area contributed by atoms with E-state index in [2.05, 4.69) is 9.73 Å². The molecule has 0 bridgehead atoms. The third-order valence-electron chi connectivity index (χ3n) is 3.56. The van der Waals surface area contributed by atoms with Gasteiger partial charge >= 0.3 is 35.5 Å². The predicted molar refractivity (Wildman–Crippen MR) is 70.3 cm³/mol. The van der Waals surface area contributed by atoms with Gasteiger partial charge in [0, 0.05) is 7.11 Å². The van der Waals surface area contributed by atoms with Crippen molar-refractivity contribution in [3.63, 3.8) is 0 Å². The summed E-state index contributed by atoms with van der Waals surface area (Å²) < 4.78 is 9.72. The van der Waals surface area contributed by atoms with Crippen molar-refractivity contribution in [3.05, 3.63) is 0 Å². The second-order valence-electron chi connectivity index (χ2n) is 5.07. The molecule has 0 amide bonds. The first-order valence-corrected chi connectivity index (χ1v) is 6.63. The van der Waals surface area contributed by atoms with Crippen LogP contribution in [0, 0.1) is 0 Å². The molecule has 134 valence electrons. The van der Waals surface area contributed by atoms with Gasteiger partial charge in [0.25, 0.3) is 5.79 Å². The van der Waals surface area contributed by atoms with Crippen LogP contribution in [0.15, 0.2) is 4.99 Å². The van der Waals surface area contributed by atoms with Crippen molar-refractivity contribution in [2.75, 3.05) is 13.7 Å². The summed E-state index contributed by atoms with van der Waals surface area (Å²) in [6.45, 7) is 0.125. The summed E-state index contributed by atoms with van der Waals surface area (Å²) in [6.07, 6.45) is -9.50.